The van der Waals surface area contributed by atoms with Crippen molar-refractivity contribution in [2.45, 2.75) is 13.3 Å². The molecule has 0 atom stereocenters. The number of carbonyl (C=O) groups excluding carboxylic acids is 1. The molecule has 0 bridgehead atoms. The minimum absolute atomic E-state index is 0.0474. The molecule has 0 unspecified atom stereocenters. The Labute approximate surface area is 94.2 Å². The van der Waals surface area contributed by atoms with Crippen LogP contribution in [0.5, 0.6) is 0 Å². The molecule has 80 valence electrons. The highest BCUT2D eigenvalue weighted by Gasteiger charge is 2.07. The molecule has 1 heterocycles. The molecule has 0 radical (unpaired) electrons. The van der Waals surface area contributed by atoms with E-state index >= 15 is 0 Å². The second-order valence-corrected chi connectivity index (χ2v) is 3.72. The van der Waals surface area contributed by atoms with Crippen LogP contribution in [0.25, 0.3) is 0 Å². The third kappa shape index (κ3) is 2.51. The molecule has 0 N–H and O–H groups in total. The fourth-order valence-electron chi connectivity index (χ4n) is 1.55. The maximum atomic E-state index is 11.8. The van der Waals surface area contributed by atoms with Crippen molar-refractivity contribution in [1.29, 1.82) is 0 Å². The highest BCUT2D eigenvalue weighted by Crippen LogP contribution is 2.08. The molecule has 1 aromatic carbocycles. The summed E-state index contributed by atoms with van der Waals surface area (Å²) in [6, 6.07) is 7.94. The summed E-state index contributed by atoms with van der Waals surface area (Å²) in [5, 5.41) is 0. The predicted molar refractivity (Wildman–Crippen MR) is 61.2 cm³/mol. The van der Waals surface area contributed by atoms with Gasteiger partial charge in [-0.05, 0) is 12.5 Å². The van der Waals surface area contributed by atoms with Crippen molar-refractivity contribution in [2.75, 3.05) is 0 Å². The molecule has 3 nitrogen and oxygen atoms in total. The van der Waals surface area contributed by atoms with Crippen LogP contribution in [0.4, 0.5) is 0 Å². The summed E-state index contributed by atoms with van der Waals surface area (Å²) in [7, 11) is 0. The van der Waals surface area contributed by atoms with Crippen LogP contribution in [0.3, 0.4) is 0 Å². The zero-order valence-electron chi connectivity index (χ0n) is 9.05. The normalized spacial score (nSPS) is 10.1. The van der Waals surface area contributed by atoms with Gasteiger partial charge in [-0.25, -0.2) is 9.97 Å². The van der Waals surface area contributed by atoms with Crippen LogP contribution in [-0.2, 0) is 6.42 Å². The molecule has 1 aromatic heterocycles. The van der Waals surface area contributed by atoms with Gasteiger partial charge >= 0.3 is 0 Å². The van der Waals surface area contributed by atoms with Gasteiger partial charge in [0.25, 0.3) is 0 Å². The average Bonchev–Trinajstić information content (AvgIpc) is 2.30. The molecule has 16 heavy (non-hydrogen) atoms. The van der Waals surface area contributed by atoms with Gasteiger partial charge in [0.15, 0.2) is 5.78 Å². The summed E-state index contributed by atoms with van der Waals surface area (Å²) >= 11 is 0. The Morgan fingerprint density at radius 1 is 1.25 bits per heavy atom. The van der Waals surface area contributed by atoms with E-state index in [0.29, 0.717) is 12.0 Å². The number of ketones is 1. The Kier molecular flexibility index (Phi) is 3.05. The smallest absolute Gasteiger partial charge is 0.170 e. The summed E-state index contributed by atoms with van der Waals surface area (Å²) < 4.78 is 0. The number of aryl methyl sites for hydroxylation is 1. The van der Waals surface area contributed by atoms with E-state index in [-0.39, 0.29) is 5.78 Å². The summed E-state index contributed by atoms with van der Waals surface area (Å²) in [5.41, 5.74) is 2.74. The Hall–Kier alpha value is -2.03. The standard InChI is InChI=1S/C13H12N2O/c1-10-3-2-4-11(5-10)6-13(16)12-7-14-9-15-8-12/h2-5,7-9H,6H2,1H3. The molecule has 0 saturated carbocycles. The third-order valence-electron chi connectivity index (χ3n) is 2.33. The van der Waals surface area contributed by atoms with Crippen LogP contribution < -0.4 is 0 Å². The van der Waals surface area contributed by atoms with Gasteiger partial charge in [-0.1, -0.05) is 29.8 Å². The molecule has 3 heteroatoms. The van der Waals surface area contributed by atoms with Crippen LogP contribution in [0.2, 0.25) is 0 Å². The predicted octanol–water partition coefficient (Wildman–Crippen LogP) is 2.21. The Morgan fingerprint density at radius 3 is 2.69 bits per heavy atom. The minimum Gasteiger partial charge on any atom is -0.294 e. The van der Waals surface area contributed by atoms with E-state index in [1.807, 2.05) is 31.2 Å². The number of rotatable bonds is 3. The lowest BCUT2D eigenvalue weighted by atomic mass is 10.0. The van der Waals surface area contributed by atoms with Crippen LogP contribution in [0.1, 0.15) is 21.5 Å². The second kappa shape index (κ2) is 4.66. The summed E-state index contributed by atoms with van der Waals surface area (Å²) in [5.74, 6) is 0.0474. The van der Waals surface area contributed by atoms with E-state index in [2.05, 4.69) is 9.97 Å². The topological polar surface area (TPSA) is 42.9 Å². The van der Waals surface area contributed by atoms with E-state index in [1.165, 1.54) is 6.33 Å². The largest absolute Gasteiger partial charge is 0.294 e. The molecule has 0 fully saturated rings. The van der Waals surface area contributed by atoms with E-state index < -0.39 is 0 Å². The van der Waals surface area contributed by atoms with E-state index in [9.17, 15) is 4.79 Å². The van der Waals surface area contributed by atoms with Crippen molar-refractivity contribution in [2.24, 2.45) is 0 Å². The number of aromatic nitrogens is 2. The number of nitrogens with zero attached hydrogens (tertiary/aromatic N) is 2. The monoisotopic (exact) mass is 212 g/mol. The highest BCUT2D eigenvalue weighted by atomic mass is 16.1. The molecule has 2 aromatic rings. The van der Waals surface area contributed by atoms with Crippen LogP contribution in [-0.4, -0.2) is 15.8 Å². The quantitative estimate of drug-likeness (QED) is 0.732. The average molecular weight is 212 g/mol. The molecular formula is C13H12N2O. The maximum Gasteiger partial charge on any atom is 0.170 e. The first-order valence-corrected chi connectivity index (χ1v) is 5.09. The molecule has 0 aliphatic carbocycles. The number of Topliss-reactive ketones (excluding diaryl/α,β-unsaturated/α-hetero) is 1. The van der Waals surface area contributed by atoms with Crippen LogP contribution in [0.15, 0.2) is 43.0 Å². The lowest BCUT2D eigenvalue weighted by Gasteiger charge is -2.01. The van der Waals surface area contributed by atoms with Gasteiger partial charge in [0.05, 0.1) is 5.56 Å². The second-order valence-electron chi connectivity index (χ2n) is 3.72. The lowest BCUT2D eigenvalue weighted by Crippen LogP contribution is -2.04. The first kappa shape index (κ1) is 10.5. The van der Waals surface area contributed by atoms with Crippen LogP contribution >= 0.6 is 0 Å². The van der Waals surface area contributed by atoms with Gasteiger partial charge in [-0.2, -0.15) is 0 Å². The van der Waals surface area contributed by atoms with Gasteiger partial charge < -0.3 is 0 Å². The SMILES string of the molecule is Cc1cccc(CC(=O)c2cncnc2)c1. The molecule has 0 amide bonds. The van der Waals surface area contributed by atoms with Crippen molar-refractivity contribution in [1.82, 2.24) is 9.97 Å². The summed E-state index contributed by atoms with van der Waals surface area (Å²) in [4.78, 5) is 19.5. The third-order valence-corrected chi connectivity index (χ3v) is 2.33. The fourth-order valence-corrected chi connectivity index (χ4v) is 1.55. The summed E-state index contributed by atoms with van der Waals surface area (Å²) in [6.07, 6.45) is 4.91. The zero-order chi connectivity index (χ0) is 11.4. The molecule has 0 aliphatic heterocycles. The molecule has 0 aliphatic rings. The molecule has 0 saturated heterocycles. The van der Waals surface area contributed by atoms with Gasteiger partial charge in [-0.3, -0.25) is 4.79 Å². The minimum atomic E-state index is 0.0474. The molecule has 0 spiro atoms. The number of benzene rings is 1. The molecule has 2 rings (SSSR count). The first-order chi connectivity index (χ1) is 7.75. The Bertz CT molecular complexity index is 494. The van der Waals surface area contributed by atoms with Crippen molar-refractivity contribution < 1.29 is 4.79 Å². The van der Waals surface area contributed by atoms with Crippen molar-refractivity contribution in [3.8, 4) is 0 Å². The highest BCUT2D eigenvalue weighted by molar-refractivity contribution is 5.96. The van der Waals surface area contributed by atoms with Crippen LogP contribution in [0, 0.1) is 6.92 Å². The Morgan fingerprint density at radius 2 is 2.00 bits per heavy atom. The Balaban J connectivity index is 2.14. The summed E-state index contributed by atoms with van der Waals surface area (Å²) in [6.45, 7) is 2.01. The van der Waals surface area contributed by atoms with E-state index in [1.54, 1.807) is 12.4 Å². The maximum absolute atomic E-state index is 11.8. The van der Waals surface area contributed by atoms with E-state index in [0.717, 1.165) is 11.1 Å². The number of hydrogen-bond acceptors (Lipinski definition) is 3. The zero-order valence-corrected chi connectivity index (χ0v) is 9.05. The van der Waals surface area contributed by atoms with Gasteiger partial charge in [-0.15, -0.1) is 0 Å². The fraction of sp³-hybridized carbons (Fsp3) is 0.154. The van der Waals surface area contributed by atoms with Gasteiger partial charge in [0.1, 0.15) is 6.33 Å². The van der Waals surface area contributed by atoms with E-state index in [4.69, 9.17) is 0 Å². The van der Waals surface area contributed by atoms with Crippen molar-refractivity contribution in [3.63, 3.8) is 0 Å². The van der Waals surface area contributed by atoms with Gasteiger partial charge in [0, 0.05) is 18.8 Å². The number of carbonyl (C=O) groups is 1. The molecular weight excluding hydrogens is 200 g/mol. The van der Waals surface area contributed by atoms with Crippen molar-refractivity contribution in [3.05, 3.63) is 59.7 Å². The number of hydrogen-bond donors (Lipinski definition) is 0. The van der Waals surface area contributed by atoms with Gasteiger partial charge in [0.2, 0.25) is 0 Å². The van der Waals surface area contributed by atoms with Crippen molar-refractivity contribution >= 4 is 5.78 Å². The lowest BCUT2D eigenvalue weighted by molar-refractivity contribution is 0.0992. The first-order valence-electron chi connectivity index (χ1n) is 5.09.